The Kier molecular flexibility index (Phi) is 4.89. The standard InChI is InChI=1S/C26H21N5O5S/c1-15-4-7-18(8-5-15)37(34,35)31-23(11-20-24-16(12-27-25(20)31)13-28-29(24)2)21-14-30(26(32)33)22-9-6-17(36-3)10-19(21)22/h4-14H,1-3H3,(H,32,33). The number of carbonyl (C=O) groups is 1. The van der Waals surface area contributed by atoms with Gasteiger partial charge in [0.2, 0.25) is 0 Å². The summed E-state index contributed by atoms with van der Waals surface area (Å²) in [5.74, 6) is 0.507. The summed E-state index contributed by atoms with van der Waals surface area (Å²) < 4.78 is 37.5. The van der Waals surface area contributed by atoms with Crippen LogP contribution in [0.2, 0.25) is 0 Å². The fourth-order valence-electron chi connectivity index (χ4n) is 4.73. The van der Waals surface area contributed by atoms with Gasteiger partial charge in [0.15, 0.2) is 5.65 Å². The maximum absolute atomic E-state index is 14.1. The number of hydrogen-bond acceptors (Lipinski definition) is 6. The second-order valence-corrected chi connectivity index (χ2v) is 10.5. The molecule has 1 N–H and O–H groups in total. The Morgan fingerprint density at radius 2 is 1.78 bits per heavy atom. The average molecular weight is 516 g/mol. The first-order valence-corrected chi connectivity index (χ1v) is 12.7. The van der Waals surface area contributed by atoms with E-state index in [0.29, 0.717) is 33.1 Å². The molecule has 0 amide bonds. The maximum Gasteiger partial charge on any atom is 0.416 e. The Labute approximate surface area is 211 Å². The molecular weight excluding hydrogens is 494 g/mol. The van der Waals surface area contributed by atoms with Gasteiger partial charge in [-0.1, -0.05) is 17.7 Å². The highest BCUT2D eigenvalue weighted by molar-refractivity contribution is 7.90. The van der Waals surface area contributed by atoms with E-state index in [2.05, 4.69) is 10.1 Å². The van der Waals surface area contributed by atoms with Crippen molar-refractivity contribution in [3.05, 3.63) is 72.7 Å². The van der Waals surface area contributed by atoms with E-state index in [4.69, 9.17) is 4.74 Å². The number of aromatic nitrogens is 5. The summed E-state index contributed by atoms with van der Waals surface area (Å²) in [6, 6.07) is 13.3. The summed E-state index contributed by atoms with van der Waals surface area (Å²) in [5, 5.41) is 16.0. The second kappa shape index (κ2) is 7.93. The van der Waals surface area contributed by atoms with Gasteiger partial charge < -0.3 is 9.84 Å². The largest absolute Gasteiger partial charge is 0.497 e. The van der Waals surface area contributed by atoms with Crippen LogP contribution in [0.1, 0.15) is 5.56 Å². The Bertz CT molecular complexity index is 1980. The molecule has 10 nitrogen and oxygen atoms in total. The van der Waals surface area contributed by atoms with Gasteiger partial charge in [0, 0.05) is 41.2 Å². The maximum atomic E-state index is 14.1. The van der Waals surface area contributed by atoms with Crippen molar-refractivity contribution in [2.24, 2.45) is 7.05 Å². The summed E-state index contributed by atoms with van der Waals surface area (Å²) >= 11 is 0. The van der Waals surface area contributed by atoms with Crippen molar-refractivity contribution in [3.8, 4) is 17.0 Å². The molecule has 4 aromatic heterocycles. The molecule has 0 aliphatic heterocycles. The van der Waals surface area contributed by atoms with Crippen molar-refractivity contribution in [2.75, 3.05) is 7.11 Å². The Morgan fingerprint density at radius 3 is 2.49 bits per heavy atom. The fraction of sp³-hybridized carbons (Fsp3) is 0.115. The highest BCUT2D eigenvalue weighted by atomic mass is 32.2. The summed E-state index contributed by atoms with van der Waals surface area (Å²) in [6.07, 6.45) is 3.47. The molecule has 0 bridgehead atoms. The summed E-state index contributed by atoms with van der Waals surface area (Å²) in [7, 11) is -0.858. The minimum Gasteiger partial charge on any atom is -0.497 e. The predicted octanol–water partition coefficient (Wildman–Crippen LogP) is 4.62. The topological polar surface area (TPSA) is 121 Å². The molecule has 0 radical (unpaired) electrons. The summed E-state index contributed by atoms with van der Waals surface area (Å²) in [4.78, 5) is 16.7. The van der Waals surface area contributed by atoms with Crippen LogP contribution in [0.3, 0.4) is 0 Å². The van der Waals surface area contributed by atoms with Crippen molar-refractivity contribution in [2.45, 2.75) is 11.8 Å². The number of rotatable bonds is 4. The molecule has 0 spiro atoms. The molecule has 0 saturated heterocycles. The van der Waals surface area contributed by atoms with E-state index in [1.165, 1.54) is 17.3 Å². The lowest BCUT2D eigenvalue weighted by molar-refractivity contribution is 0.197. The smallest absolute Gasteiger partial charge is 0.416 e. The van der Waals surface area contributed by atoms with E-state index in [-0.39, 0.29) is 16.2 Å². The van der Waals surface area contributed by atoms with Gasteiger partial charge >= 0.3 is 6.09 Å². The van der Waals surface area contributed by atoms with Gasteiger partial charge in [0.05, 0.1) is 34.9 Å². The van der Waals surface area contributed by atoms with E-state index in [1.54, 1.807) is 72.7 Å². The molecule has 6 aromatic rings. The van der Waals surface area contributed by atoms with E-state index in [1.807, 2.05) is 6.92 Å². The third kappa shape index (κ3) is 3.31. The van der Waals surface area contributed by atoms with E-state index in [9.17, 15) is 18.3 Å². The fourth-order valence-corrected chi connectivity index (χ4v) is 6.21. The minimum atomic E-state index is -4.14. The van der Waals surface area contributed by atoms with Crippen LogP contribution >= 0.6 is 0 Å². The number of hydrogen-bond donors (Lipinski definition) is 1. The van der Waals surface area contributed by atoms with Crippen molar-refractivity contribution < 1.29 is 23.1 Å². The minimum absolute atomic E-state index is 0.0864. The molecular formula is C26H21N5O5S. The van der Waals surface area contributed by atoms with Gasteiger partial charge in [-0.3, -0.25) is 9.25 Å². The van der Waals surface area contributed by atoms with E-state index >= 15 is 0 Å². The van der Waals surface area contributed by atoms with Crippen molar-refractivity contribution in [1.82, 2.24) is 23.3 Å². The van der Waals surface area contributed by atoms with Crippen LogP contribution in [-0.4, -0.2) is 50.0 Å². The van der Waals surface area contributed by atoms with E-state index < -0.39 is 16.1 Å². The number of methoxy groups -OCH3 is 1. The lowest BCUT2D eigenvalue weighted by Gasteiger charge is -2.12. The van der Waals surface area contributed by atoms with Gasteiger partial charge in [-0.05, 0) is 43.3 Å². The average Bonchev–Trinajstić information content (AvgIpc) is 3.56. The molecule has 4 heterocycles. The van der Waals surface area contributed by atoms with Gasteiger partial charge in [0.1, 0.15) is 5.75 Å². The van der Waals surface area contributed by atoms with Crippen LogP contribution in [0.15, 0.2) is 72.0 Å². The first kappa shape index (κ1) is 22.8. The molecule has 186 valence electrons. The number of fused-ring (bicyclic) bond motifs is 4. The van der Waals surface area contributed by atoms with Crippen LogP contribution < -0.4 is 4.74 Å². The van der Waals surface area contributed by atoms with Gasteiger partial charge in [-0.25, -0.2) is 22.2 Å². The first-order chi connectivity index (χ1) is 17.7. The highest BCUT2D eigenvalue weighted by Crippen LogP contribution is 2.39. The van der Waals surface area contributed by atoms with Crippen LogP contribution in [0.4, 0.5) is 4.79 Å². The third-order valence-electron chi connectivity index (χ3n) is 6.53. The van der Waals surface area contributed by atoms with Gasteiger partial charge in [-0.2, -0.15) is 5.10 Å². The predicted molar refractivity (Wildman–Crippen MR) is 139 cm³/mol. The Balaban J connectivity index is 1.78. The van der Waals surface area contributed by atoms with Crippen LogP contribution in [0.25, 0.3) is 44.1 Å². The number of benzene rings is 2. The third-order valence-corrected chi connectivity index (χ3v) is 8.25. The zero-order valence-corrected chi connectivity index (χ0v) is 20.9. The van der Waals surface area contributed by atoms with Crippen molar-refractivity contribution >= 4 is 49.0 Å². The van der Waals surface area contributed by atoms with Gasteiger partial charge in [-0.15, -0.1) is 0 Å². The second-order valence-electron chi connectivity index (χ2n) is 8.76. The Hall–Kier alpha value is -4.64. The van der Waals surface area contributed by atoms with E-state index in [0.717, 1.165) is 15.5 Å². The Morgan fingerprint density at radius 1 is 1.03 bits per heavy atom. The van der Waals surface area contributed by atoms with Gasteiger partial charge in [0.25, 0.3) is 10.0 Å². The molecule has 37 heavy (non-hydrogen) atoms. The first-order valence-electron chi connectivity index (χ1n) is 11.3. The van der Waals surface area contributed by atoms with Crippen LogP contribution in [-0.2, 0) is 17.1 Å². The molecule has 11 heteroatoms. The van der Waals surface area contributed by atoms with Crippen molar-refractivity contribution in [3.63, 3.8) is 0 Å². The normalized spacial score (nSPS) is 12.1. The zero-order chi connectivity index (χ0) is 26.1. The summed E-state index contributed by atoms with van der Waals surface area (Å²) in [5.41, 5.74) is 2.92. The highest BCUT2D eigenvalue weighted by Gasteiger charge is 2.28. The molecule has 0 aliphatic carbocycles. The molecule has 0 unspecified atom stereocenters. The van der Waals surface area contributed by atoms with Crippen molar-refractivity contribution in [1.29, 1.82) is 0 Å². The lowest BCUT2D eigenvalue weighted by atomic mass is 10.1. The SMILES string of the molecule is COc1ccc2c(c1)c(-c1cc3c4c(cnc3n1S(=O)(=O)c1ccc(C)cc1)cnn4C)cn2C(=O)O. The van der Waals surface area contributed by atoms with Crippen LogP contribution in [0.5, 0.6) is 5.75 Å². The number of ether oxygens (including phenoxy) is 1. The molecule has 6 rings (SSSR count). The number of aryl methyl sites for hydroxylation is 2. The quantitative estimate of drug-likeness (QED) is 0.363. The zero-order valence-electron chi connectivity index (χ0n) is 20.1. The monoisotopic (exact) mass is 515 g/mol. The molecule has 0 atom stereocenters. The number of carboxylic acid groups (broad SMARTS) is 1. The lowest BCUT2D eigenvalue weighted by Crippen LogP contribution is -2.14. The molecule has 0 saturated carbocycles. The summed E-state index contributed by atoms with van der Waals surface area (Å²) in [6.45, 7) is 1.88. The number of pyridine rings is 1. The van der Waals surface area contributed by atoms with Crippen LogP contribution in [0, 0.1) is 6.92 Å². The molecule has 0 fully saturated rings. The molecule has 2 aromatic carbocycles. The molecule has 0 aliphatic rings. The number of nitrogens with zero attached hydrogens (tertiary/aromatic N) is 5.